The fourth-order valence-corrected chi connectivity index (χ4v) is 2.33. The minimum atomic E-state index is -0.275. The first-order chi connectivity index (χ1) is 10.2. The molecule has 21 heavy (non-hydrogen) atoms. The molecule has 2 aromatic rings. The lowest BCUT2D eigenvalue weighted by Gasteiger charge is -2.22. The van der Waals surface area contributed by atoms with Gasteiger partial charge in [-0.05, 0) is 23.3 Å². The van der Waals surface area contributed by atoms with Crippen LogP contribution in [0.5, 0.6) is 0 Å². The second kappa shape index (κ2) is 8.15. The zero-order valence-electron chi connectivity index (χ0n) is 12.3. The first-order valence-electron chi connectivity index (χ1n) is 6.84. The van der Waals surface area contributed by atoms with Crippen LogP contribution in [0, 0.1) is 0 Å². The number of benzene rings is 2. The van der Waals surface area contributed by atoms with Crippen molar-refractivity contribution in [2.24, 2.45) is 0 Å². The molecule has 1 N–H and O–H groups in total. The fourth-order valence-electron chi connectivity index (χ4n) is 2.21. The molecule has 0 spiro atoms. The monoisotopic (exact) mass is 305 g/mol. The molecule has 0 unspecified atom stereocenters. The van der Waals surface area contributed by atoms with E-state index in [9.17, 15) is 0 Å². The molecule has 0 saturated heterocycles. The van der Waals surface area contributed by atoms with Gasteiger partial charge in [0.2, 0.25) is 0 Å². The van der Waals surface area contributed by atoms with Crippen molar-refractivity contribution in [3.8, 4) is 0 Å². The molecule has 0 aromatic heterocycles. The highest BCUT2D eigenvalue weighted by Crippen LogP contribution is 2.23. The number of halogens is 1. The maximum Gasteiger partial charge on any atom is 0.169 e. The smallest absolute Gasteiger partial charge is 0.169 e. The summed E-state index contributed by atoms with van der Waals surface area (Å²) < 4.78 is 10.5. The van der Waals surface area contributed by atoms with E-state index in [2.05, 4.69) is 17.4 Å². The second-order valence-electron chi connectivity index (χ2n) is 4.70. The first kappa shape index (κ1) is 16.0. The van der Waals surface area contributed by atoms with Gasteiger partial charge in [-0.25, -0.2) is 0 Å². The lowest BCUT2D eigenvalue weighted by Crippen LogP contribution is -2.33. The van der Waals surface area contributed by atoms with E-state index in [1.807, 2.05) is 42.5 Å². The number of methoxy groups -OCH3 is 2. The van der Waals surface area contributed by atoms with E-state index in [4.69, 9.17) is 21.1 Å². The standard InChI is InChI=1S/C17H20ClNO2/c1-20-16(21-2)12-19-17(13-6-4-3-5-7-13)14-8-10-15(18)11-9-14/h3-11,16-17,19H,12H2,1-2H3/t17-/m0/s1. The summed E-state index contributed by atoms with van der Waals surface area (Å²) in [5.41, 5.74) is 2.34. The van der Waals surface area contributed by atoms with E-state index in [-0.39, 0.29) is 12.3 Å². The Morgan fingerprint density at radius 1 is 0.905 bits per heavy atom. The summed E-state index contributed by atoms with van der Waals surface area (Å²) in [6.07, 6.45) is -0.275. The third-order valence-electron chi connectivity index (χ3n) is 3.35. The van der Waals surface area contributed by atoms with Crippen molar-refractivity contribution < 1.29 is 9.47 Å². The number of hydrogen-bond acceptors (Lipinski definition) is 3. The van der Waals surface area contributed by atoms with Gasteiger partial charge in [0.1, 0.15) is 0 Å². The average molecular weight is 306 g/mol. The van der Waals surface area contributed by atoms with Crippen molar-refractivity contribution in [2.75, 3.05) is 20.8 Å². The molecule has 0 heterocycles. The van der Waals surface area contributed by atoms with Gasteiger partial charge in [-0.1, -0.05) is 54.1 Å². The van der Waals surface area contributed by atoms with Gasteiger partial charge < -0.3 is 14.8 Å². The van der Waals surface area contributed by atoms with Crippen molar-refractivity contribution >= 4 is 11.6 Å². The van der Waals surface area contributed by atoms with Crippen LogP contribution in [0.4, 0.5) is 0 Å². The first-order valence-corrected chi connectivity index (χ1v) is 7.21. The van der Waals surface area contributed by atoms with E-state index in [0.29, 0.717) is 6.54 Å². The summed E-state index contributed by atoms with van der Waals surface area (Å²) in [6.45, 7) is 0.592. The molecule has 1 atom stereocenters. The van der Waals surface area contributed by atoms with Crippen molar-refractivity contribution in [3.63, 3.8) is 0 Å². The summed E-state index contributed by atoms with van der Waals surface area (Å²) in [7, 11) is 3.27. The van der Waals surface area contributed by atoms with Gasteiger partial charge in [-0.15, -0.1) is 0 Å². The van der Waals surface area contributed by atoms with Crippen LogP contribution in [0.25, 0.3) is 0 Å². The number of rotatable bonds is 7. The number of hydrogen-bond donors (Lipinski definition) is 1. The molecule has 0 saturated carbocycles. The van der Waals surface area contributed by atoms with Gasteiger partial charge >= 0.3 is 0 Å². The minimum absolute atomic E-state index is 0.0660. The molecule has 0 fully saturated rings. The van der Waals surface area contributed by atoms with Gasteiger partial charge in [0.25, 0.3) is 0 Å². The van der Waals surface area contributed by atoms with Crippen LogP contribution in [0.1, 0.15) is 17.2 Å². The highest BCUT2D eigenvalue weighted by Gasteiger charge is 2.15. The maximum absolute atomic E-state index is 5.97. The molecule has 3 nitrogen and oxygen atoms in total. The molecule has 0 bridgehead atoms. The van der Waals surface area contributed by atoms with E-state index in [1.165, 1.54) is 5.56 Å². The maximum atomic E-state index is 5.97. The van der Waals surface area contributed by atoms with E-state index >= 15 is 0 Å². The third-order valence-corrected chi connectivity index (χ3v) is 3.60. The van der Waals surface area contributed by atoms with Crippen LogP contribution in [0.3, 0.4) is 0 Å². The SMILES string of the molecule is COC(CN[C@@H](c1ccccc1)c1ccc(Cl)cc1)OC. The largest absolute Gasteiger partial charge is 0.355 e. The summed E-state index contributed by atoms with van der Waals surface area (Å²) in [4.78, 5) is 0. The van der Waals surface area contributed by atoms with Crippen LogP contribution in [0.2, 0.25) is 5.02 Å². The van der Waals surface area contributed by atoms with E-state index < -0.39 is 0 Å². The zero-order chi connectivity index (χ0) is 15.1. The van der Waals surface area contributed by atoms with Crippen LogP contribution < -0.4 is 5.32 Å². The van der Waals surface area contributed by atoms with E-state index in [0.717, 1.165) is 10.6 Å². The Morgan fingerprint density at radius 3 is 2.05 bits per heavy atom. The van der Waals surface area contributed by atoms with Crippen LogP contribution in [-0.4, -0.2) is 27.1 Å². The highest BCUT2D eigenvalue weighted by atomic mass is 35.5. The number of ether oxygens (including phenoxy) is 2. The molecule has 0 aliphatic rings. The van der Waals surface area contributed by atoms with Gasteiger partial charge in [-0.2, -0.15) is 0 Å². The molecule has 112 valence electrons. The number of nitrogens with one attached hydrogen (secondary N) is 1. The molecule has 0 amide bonds. The van der Waals surface area contributed by atoms with Crippen LogP contribution in [-0.2, 0) is 9.47 Å². The van der Waals surface area contributed by atoms with Gasteiger partial charge in [0.05, 0.1) is 6.04 Å². The Morgan fingerprint density at radius 2 is 1.48 bits per heavy atom. The Hall–Kier alpha value is -1.39. The van der Waals surface area contributed by atoms with Crippen molar-refractivity contribution in [3.05, 3.63) is 70.7 Å². The fraction of sp³-hybridized carbons (Fsp3) is 0.294. The van der Waals surface area contributed by atoms with Gasteiger partial charge in [-0.3, -0.25) is 0 Å². The molecule has 4 heteroatoms. The van der Waals surface area contributed by atoms with Crippen molar-refractivity contribution in [2.45, 2.75) is 12.3 Å². The third kappa shape index (κ3) is 4.55. The Bertz CT molecular complexity index is 526. The molecular formula is C17H20ClNO2. The lowest BCUT2D eigenvalue weighted by atomic mass is 9.99. The average Bonchev–Trinajstić information content (AvgIpc) is 2.54. The summed E-state index contributed by atoms with van der Waals surface area (Å²) in [5, 5.41) is 4.21. The Labute approximate surface area is 130 Å². The second-order valence-corrected chi connectivity index (χ2v) is 5.14. The predicted molar refractivity (Wildman–Crippen MR) is 85.5 cm³/mol. The van der Waals surface area contributed by atoms with Crippen LogP contribution >= 0.6 is 11.6 Å². The van der Waals surface area contributed by atoms with Crippen LogP contribution in [0.15, 0.2) is 54.6 Å². The summed E-state index contributed by atoms with van der Waals surface area (Å²) in [6, 6.07) is 18.2. The molecule has 0 radical (unpaired) electrons. The quantitative estimate of drug-likeness (QED) is 0.792. The molecule has 2 aromatic carbocycles. The van der Waals surface area contributed by atoms with E-state index in [1.54, 1.807) is 14.2 Å². The topological polar surface area (TPSA) is 30.5 Å². The highest BCUT2D eigenvalue weighted by molar-refractivity contribution is 6.30. The Balaban J connectivity index is 2.20. The Kier molecular flexibility index (Phi) is 6.21. The normalized spacial score (nSPS) is 12.6. The predicted octanol–water partition coefficient (Wildman–Crippen LogP) is 3.64. The lowest BCUT2D eigenvalue weighted by molar-refractivity contribution is -0.0995. The molecular weight excluding hydrogens is 286 g/mol. The summed E-state index contributed by atoms with van der Waals surface area (Å²) >= 11 is 5.97. The molecule has 2 rings (SSSR count). The minimum Gasteiger partial charge on any atom is -0.355 e. The van der Waals surface area contributed by atoms with Gasteiger partial charge in [0, 0.05) is 25.8 Å². The molecule has 0 aliphatic heterocycles. The van der Waals surface area contributed by atoms with Crippen molar-refractivity contribution in [1.29, 1.82) is 0 Å². The molecule has 0 aliphatic carbocycles. The zero-order valence-corrected chi connectivity index (χ0v) is 13.0. The van der Waals surface area contributed by atoms with Gasteiger partial charge in [0.15, 0.2) is 6.29 Å². The summed E-state index contributed by atoms with van der Waals surface area (Å²) in [5.74, 6) is 0. The van der Waals surface area contributed by atoms with Crippen molar-refractivity contribution in [1.82, 2.24) is 5.32 Å².